The van der Waals surface area contributed by atoms with Gasteiger partial charge in [-0.2, -0.15) is 5.26 Å². The fourth-order valence-electron chi connectivity index (χ4n) is 3.49. The van der Waals surface area contributed by atoms with Crippen LogP contribution in [0.2, 0.25) is 0 Å². The van der Waals surface area contributed by atoms with Gasteiger partial charge in [0, 0.05) is 17.3 Å². The number of amides is 1. The second kappa shape index (κ2) is 9.13. The van der Waals surface area contributed by atoms with Gasteiger partial charge in [-0.3, -0.25) is 10.1 Å². The molecule has 3 unspecified atom stereocenters. The summed E-state index contributed by atoms with van der Waals surface area (Å²) in [7, 11) is 0. The Kier molecular flexibility index (Phi) is 7.07. The van der Waals surface area contributed by atoms with Crippen molar-refractivity contribution in [2.24, 2.45) is 5.92 Å². The van der Waals surface area contributed by atoms with Crippen molar-refractivity contribution in [2.45, 2.75) is 71.9 Å². The van der Waals surface area contributed by atoms with E-state index in [9.17, 15) is 14.9 Å². The van der Waals surface area contributed by atoms with E-state index in [1.165, 1.54) is 0 Å². The number of carbonyl (C=O) groups excluding carboxylic acids is 2. The third-order valence-electron chi connectivity index (χ3n) is 5.00. The molecule has 0 saturated carbocycles. The maximum Gasteiger partial charge on any atom is 0.412 e. The molecule has 1 aliphatic rings. The summed E-state index contributed by atoms with van der Waals surface area (Å²) in [6, 6.07) is 5.52. The lowest BCUT2D eigenvalue weighted by Crippen LogP contribution is -2.34. The largest absolute Gasteiger partial charge is 0.444 e. The number of nitrogens with one attached hydrogen (secondary N) is 2. The molecule has 156 valence electrons. The first-order chi connectivity index (χ1) is 13.6. The quantitative estimate of drug-likeness (QED) is 0.635. The van der Waals surface area contributed by atoms with Gasteiger partial charge in [0.1, 0.15) is 11.5 Å². The number of aryl methyl sites for hydroxylation is 1. The molecule has 2 N–H and O–H groups in total. The zero-order chi connectivity index (χ0) is 21.8. The number of nitrogens with zero attached hydrogens (tertiary/aromatic N) is 1. The fourth-order valence-corrected chi connectivity index (χ4v) is 3.49. The van der Waals surface area contributed by atoms with E-state index < -0.39 is 23.7 Å². The molecule has 1 heterocycles. The molecule has 0 saturated heterocycles. The average Bonchev–Trinajstić information content (AvgIpc) is 2.93. The first-order valence-corrected chi connectivity index (χ1v) is 10.0. The molecular weight excluding hydrogens is 366 g/mol. The van der Waals surface area contributed by atoms with Gasteiger partial charge in [0.15, 0.2) is 5.78 Å². The Morgan fingerprint density at radius 1 is 1.38 bits per heavy atom. The van der Waals surface area contributed by atoms with Gasteiger partial charge in [-0.15, -0.1) is 0 Å². The minimum Gasteiger partial charge on any atom is -0.444 e. The number of hydrogen-bond acceptors (Lipinski definition) is 5. The van der Waals surface area contributed by atoms with Crippen molar-refractivity contribution in [1.82, 2.24) is 0 Å². The van der Waals surface area contributed by atoms with Crippen LogP contribution in [0.4, 0.5) is 16.2 Å². The van der Waals surface area contributed by atoms with E-state index in [0.29, 0.717) is 18.5 Å². The van der Waals surface area contributed by atoms with E-state index in [1.54, 1.807) is 0 Å². The van der Waals surface area contributed by atoms with Crippen molar-refractivity contribution in [1.29, 1.82) is 5.26 Å². The van der Waals surface area contributed by atoms with Gasteiger partial charge >= 0.3 is 6.09 Å². The van der Waals surface area contributed by atoms with E-state index >= 15 is 0 Å². The van der Waals surface area contributed by atoms with Gasteiger partial charge in [0.2, 0.25) is 0 Å². The summed E-state index contributed by atoms with van der Waals surface area (Å²) in [5.41, 5.74) is 2.76. The summed E-state index contributed by atoms with van der Waals surface area (Å²) in [6.07, 6.45) is 4.60. The Morgan fingerprint density at radius 2 is 2.07 bits per heavy atom. The number of ether oxygens (including phenoxy) is 1. The lowest BCUT2D eigenvalue weighted by Gasteiger charge is -2.20. The topological polar surface area (TPSA) is 91.2 Å². The first-order valence-electron chi connectivity index (χ1n) is 10.0. The second-order valence-electron chi connectivity index (χ2n) is 8.52. The number of anilines is 2. The summed E-state index contributed by atoms with van der Waals surface area (Å²) in [6.45, 7) is 11.2. The number of allylic oxidation sites excluding steroid dienone is 2. The lowest BCUT2D eigenvalue weighted by molar-refractivity contribution is -0.122. The molecule has 1 aromatic carbocycles. The van der Waals surface area contributed by atoms with Crippen molar-refractivity contribution in [3.63, 3.8) is 0 Å². The van der Waals surface area contributed by atoms with Crippen molar-refractivity contribution in [3.05, 3.63) is 35.4 Å². The third-order valence-corrected chi connectivity index (χ3v) is 5.00. The van der Waals surface area contributed by atoms with E-state index in [4.69, 9.17) is 4.74 Å². The van der Waals surface area contributed by atoms with Crippen LogP contribution >= 0.6 is 0 Å². The minimum absolute atomic E-state index is 0.0515. The Hall–Kier alpha value is -2.81. The van der Waals surface area contributed by atoms with Crippen LogP contribution in [0.25, 0.3) is 0 Å². The summed E-state index contributed by atoms with van der Waals surface area (Å²) in [5, 5.41) is 15.5. The Labute approximate surface area is 173 Å². The van der Waals surface area contributed by atoms with Gasteiger partial charge in [0.05, 0.1) is 12.1 Å². The zero-order valence-electron chi connectivity index (χ0n) is 18.1. The molecule has 6 heteroatoms. The fraction of sp³-hybridized carbons (Fsp3) is 0.522. The number of Topliss-reactive ketones (excluding diaryl/α,β-unsaturated/α-hetero) is 1. The number of carbonyl (C=O) groups is 2. The maximum absolute atomic E-state index is 13.0. The van der Waals surface area contributed by atoms with E-state index in [1.807, 2.05) is 65.8 Å². The van der Waals surface area contributed by atoms with Crippen molar-refractivity contribution >= 4 is 23.3 Å². The number of rotatable bonds is 6. The summed E-state index contributed by atoms with van der Waals surface area (Å²) >= 11 is 0. The highest BCUT2D eigenvalue weighted by atomic mass is 16.6. The molecular formula is C23H31N3O3. The Bertz CT molecular complexity index is 846. The summed E-state index contributed by atoms with van der Waals surface area (Å²) in [4.78, 5) is 25.1. The van der Waals surface area contributed by atoms with Gasteiger partial charge in [-0.05, 0) is 64.7 Å². The molecule has 1 aromatic rings. The van der Waals surface area contributed by atoms with E-state index in [0.717, 1.165) is 16.8 Å². The monoisotopic (exact) mass is 397 g/mol. The number of fused-ring (bicyclic) bond motifs is 1. The molecule has 0 spiro atoms. The SMILES string of the molecule is C/C=C\CCC(C#N)C(=O)C1Nc2cc(NC(=O)OC(C)(C)C)c(C)cc2C1C. The average molecular weight is 398 g/mol. The molecule has 1 amide bonds. The van der Waals surface area contributed by atoms with E-state index in [-0.39, 0.29) is 11.7 Å². The van der Waals surface area contributed by atoms with Crippen LogP contribution in [0.1, 0.15) is 64.5 Å². The van der Waals surface area contributed by atoms with Crippen LogP contribution < -0.4 is 10.6 Å². The lowest BCUT2D eigenvalue weighted by atomic mass is 9.87. The minimum atomic E-state index is -0.638. The first kappa shape index (κ1) is 22.5. The van der Waals surface area contributed by atoms with Gasteiger partial charge in [-0.25, -0.2) is 4.79 Å². The standard InChI is InChI=1S/C23H31N3O3/c1-7-8-9-10-16(13-24)21(27)20-15(3)17-11-14(2)18(12-19(17)25-20)26-22(28)29-23(4,5)6/h7-8,11-12,15-16,20,25H,9-10H2,1-6H3,(H,26,28)/b8-7-. The Balaban J connectivity index is 2.17. The van der Waals surface area contributed by atoms with Crippen LogP contribution in [-0.2, 0) is 9.53 Å². The van der Waals surface area contributed by atoms with Crippen molar-refractivity contribution in [3.8, 4) is 6.07 Å². The van der Waals surface area contributed by atoms with Crippen LogP contribution in [0.15, 0.2) is 24.3 Å². The van der Waals surface area contributed by atoms with Crippen molar-refractivity contribution in [2.75, 3.05) is 10.6 Å². The molecule has 0 bridgehead atoms. The highest BCUT2D eigenvalue weighted by molar-refractivity contribution is 5.95. The van der Waals surface area contributed by atoms with Crippen LogP contribution in [0.3, 0.4) is 0 Å². The third kappa shape index (κ3) is 5.60. The molecule has 29 heavy (non-hydrogen) atoms. The molecule has 0 radical (unpaired) electrons. The van der Waals surface area contributed by atoms with Gasteiger partial charge < -0.3 is 10.1 Å². The van der Waals surface area contributed by atoms with E-state index in [2.05, 4.69) is 16.7 Å². The molecule has 3 atom stereocenters. The van der Waals surface area contributed by atoms with Crippen LogP contribution in [0.5, 0.6) is 0 Å². The van der Waals surface area contributed by atoms with Gasteiger partial charge in [-0.1, -0.05) is 25.1 Å². The normalized spacial score (nSPS) is 19.2. The molecule has 0 aliphatic carbocycles. The molecule has 0 fully saturated rings. The highest BCUT2D eigenvalue weighted by Crippen LogP contribution is 2.40. The highest BCUT2D eigenvalue weighted by Gasteiger charge is 2.37. The number of hydrogen-bond donors (Lipinski definition) is 2. The zero-order valence-corrected chi connectivity index (χ0v) is 18.1. The molecule has 6 nitrogen and oxygen atoms in total. The van der Waals surface area contributed by atoms with Gasteiger partial charge in [0.25, 0.3) is 0 Å². The number of ketones is 1. The predicted molar refractivity (Wildman–Crippen MR) is 115 cm³/mol. The smallest absolute Gasteiger partial charge is 0.412 e. The molecule has 0 aromatic heterocycles. The van der Waals surface area contributed by atoms with Crippen LogP contribution in [0, 0.1) is 24.2 Å². The molecule has 1 aliphatic heterocycles. The summed E-state index contributed by atoms with van der Waals surface area (Å²) in [5.74, 6) is -0.773. The maximum atomic E-state index is 13.0. The number of benzene rings is 1. The Morgan fingerprint density at radius 3 is 2.66 bits per heavy atom. The second-order valence-corrected chi connectivity index (χ2v) is 8.52. The summed E-state index contributed by atoms with van der Waals surface area (Å²) < 4.78 is 5.32. The van der Waals surface area contributed by atoms with Crippen molar-refractivity contribution < 1.29 is 14.3 Å². The van der Waals surface area contributed by atoms with Crippen LogP contribution in [-0.4, -0.2) is 23.5 Å². The predicted octanol–water partition coefficient (Wildman–Crippen LogP) is 5.30. The number of nitriles is 1. The molecule has 2 rings (SSSR count).